The van der Waals surface area contributed by atoms with Gasteiger partial charge >= 0.3 is 0 Å². The van der Waals surface area contributed by atoms with Crippen molar-refractivity contribution in [2.24, 2.45) is 0 Å². The van der Waals surface area contributed by atoms with Crippen molar-refractivity contribution in [3.63, 3.8) is 0 Å². The topological polar surface area (TPSA) is 41.1 Å². The van der Waals surface area contributed by atoms with Crippen molar-refractivity contribution in [2.75, 3.05) is 18.4 Å². The summed E-state index contributed by atoms with van der Waals surface area (Å²) in [4.78, 5) is 10.8. The maximum absolute atomic E-state index is 5.46. The molecule has 1 aromatic carbocycles. The minimum atomic E-state index is 0.808. The van der Waals surface area contributed by atoms with Gasteiger partial charge in [-0.15, -0.1) is 0 Å². The zero-order valence-corrected chi connectivity index (χ0v) is 11.5. The Hall–Kier alpha value is -1.75. The average Bonchev–Trinajstić information content (AvgIpc) is 2.48. The van der Waals surface area contributed by atoms with Gasteiger partial charge in [-0.3, -0.25) is 9.97 Å². The summed E-state index contributed by atoms with van der Waals surface area (Å²) in [5, 5.41) is 4.10. The molecule has 1 aromatic heterocycles. The molecule has 1 fully saturated rings. The predicted molar refractivity (Wildman–Crippen MR) is 81.2 cm³/mol. The molecule has 2 aromatic rings. The van der Waals surface area contributed by atoms with Gasteiger partial charge in [0.1, 0.15) is 0 Å². The van der Waals surface area contributed by atoms with E-state index in [-0.39, 0.29) is 0 Å². The third-order valence-electron chi connectivity index (χ3n) is 3.36. The summed E-state index contributed by atoms with van der Waals surface area (Å²) < 4.78 is 0. The summed E-state index contributed by atoms with van der Waals surface area (Å²) in [6.07, 6.45) is 7.17. The first-order valence-electron chi connectivity index (χ1n) is 6.60. The van der Waals surface area contributed by atoms with E-state index < -0.39 is 0 Å². The van der Waals surface area contributed by atoms with Crippen LogP contribution in [0.4, 0.5) is 5.69 Å². The number of nitrogens with zero attached hydrogens (tertiary/aromatic N) is 3. The molecule has 1 aliphatic heterocycles. The molecule has 1 saturated heterocycles. The standard InChI is InChI=1S/C14H16N4S/c19-14(18-8-2-1-3-9-18)17-11-4-5-12-13(10-11)16-7-6-15-12/h4-7,10H,1-3,8-9H2,(H,17,19). The molecular formula is C14H16N4S. The van der Waals surface area contributed by atoms with E-state index in [9.17, 15) is 0 Å². The van der Waals surface area contributed by atoms with Crippen molar-refractivity contribution in [1.82, 2.24) is 14.9 Å². The lowest BCUT2D eigenvalue weighted by atomic mass is 10.1. The number of thiocarbonyl (C=S) groups is 1. The molecule has 0 radical (unpaired) electrons. The maximum Gasteiger partial charge on any atom is 0.173 e. The second-order valence-electron chi connectivity index (χ2n) is 4.74. The molecule has 2 heterocycles. The SMILES string of the molecule is S=C(Nc1ccc2nccnc2c1)N1CCCCC1. The monoisotopic (exact) mass is 272 g/mol. The van der Waals surface area contributed by atoms with Gasteiger partial charge in [0, 0.05) is 31.2 Å². The number of rotatable bonds is 1. The average molecular weight is 272 g/mol. The quantitative estimate of drug-likeness (QED) is 0.808. The number of benzene rings is 1. The summed E-state index contributed by atoms with van der Waals surface area (Å²) in [5.41, 5.74) is 2.76. The molecule has 5 heteroatoms. The highest BCUT2D eigenvalue weighted by Crippen LogP contribution is 2.17. The zero-order valence-electron chi connectivity index (χ0n) is 10.7. The van der Waals surface area contributed by atoms with Crippen molar-refractivity contribution in [1.29, 1.82) is 0 Å². The van der Waals surface area contributed by atoms with E-state index in [1.807, 2.05) is 18.2 Å². The fraction of sp³-hybridized carbons (Fsp3) is 0.357. The number of nitrogens with one attached hydrogen (secondary N) is 1. The molecule has 1 aliphatic rings. The van der Waals surface area contributed by atoms with E-state index >= 15 is 0 Å². The van der Waals surface area contributed by atoms with Crippen LogP contribution in [0.25, 0.3) is 11.0 Å². The fourth-order valence-electron chi connectivity index (χ4n) is 2.34. The van der Waals surface area contributed by atoms with Gasteiger partial charge in [0.15, 0.2) is 5.11 Å². The van der Waals surface area contributed by atoms with Crippen LogP contribution in [0.3, 0.4) is 0 Å². The lowest BCUT2D eigenvalue weighted by molar-refractivity contribution is 0.346. The van der Waals surface area contributed by atoms with Crippen LogP contribution in [-0.4, -0.2) is 33.1 Å². The van der Waals surface area contributed by atoms with Crippen LogP contribution in [0, 0.1) is 0 Å². The second-order valence-corrected chi connectivity index (χ2v) is 5.12. The van der Waals surface area contributed by atoms with E-state index in [1.54, 1.807) is 12.4 Å². The predicted octanol–water partition coefficient (Wildman–Crippen LogP) is 2.81. The van der Waals surface area contributed by atoms with Crippen LogP contribution >= 0.6 is 12.2 Å². The Kier molecular flexibility index (Phi) is 3.55. The lowest BCUT2D eigenvalue weighted by Crippen LogP contribution is -2.38. The van der Waals surface area contributed by atoms with Crippen molar-refractivity contribution >= 4 is 34.1 Å². The van der Waals surface area contributed by atoms with Gasteiger partial charge in [-0.05, 0) is 49.7 Å². The van der Waals surface area contributed by atoms with Crippen molar-refractivity contribution < 1.29 is 0 Å². The molecular weight excluding hydrogens is 256 g/mol. The maximum atomic E-state index is 5.46. The molecule has 0 bridgehead atoms. The van der Waals surface area contributed by atoms with E-state index in [1.165, 1.54) is 19.3 Å². The van der Waals surface area contributed by atoms with Crippen LogP contribution in [0.2, 0.25) is 0 Å². The Morgan fingerprint density at radius 3 is 2.58 bits per heavy atom. The Morgan fingerprint density at radius 1 is 1.05 bits per heavy atom. The third kappa shape index (κ3) is 2.81. The van der Waals surface area contributed by atoms with Gasteiger partial charge in [0.05, 0.1) is 11.0 Å². The van der Waals surface area contributed by atoms with Crippen molar-refractivity contribution in [2.45, 2.75) is 19.3 Å². The lowest BCUT2D eigenvalue weighted by Gasteiger charge is -2.29. The van der Waals surface area contributed by atoms with Crippen molar-refractivity contribution in [3.05, 3.63) is 30.6 Å². The number of piperidine rings is 1. The number of likely N-dealkylation sites (tertiary alicyclic amines) is 1. The van der Waals surface area contributed by atoms with E-state index in [0.29, 0.717) is 0 Å². The van der Waals surface area contributed by atoms with E-state index in [2.05, 4.69) is 20.2 Å². The first-order chi connectivity index (χ1) is 9.33. The Bertz CT molecular complexity index is 593. The van der Waals surface area contributed by atoms with Crippen LogP contribution in [0.15, 0.2) is 30.6 Å². The van der Waals surface area contributed by atoms with Crippen LogP contribution < -0.4 is 5.32 Å². The molecule has 0 atom stereocenters. The number of anilines is 1. The van der Waals surface area contributed by atoms with E-state index in [4.69, 9.17) is 12.2 Å². The molecule has 0 aliphatic carbocycles. The normalized spacial score (nSPS) is 15.5. The molecule has 98 valence electrons. The van der Waals surface area contributed by atoms with Crippen LogP contribution in [-0.2, 0) is 0 Å². The van der Waals surface area contributed by atoms with Crippen LogP contribution in [0.1, 0.15) is 19.3 Å². The second kappa shape index (κ2) is 5.48. The molecule has 0 saturated carbocycles. The van der Waals surface area contributed by atoms with Gasteiger partial charge in [-0.25, -0.2) is 0 Å². The summed E-state index contributed by atoms with van der Waals surface area (Å²) >= 11 is 5.46. The minimum absolute atomic E-state index is 0.808. The summed E-state index contributed by atoms with van der Waals surface area (Å²) in [6.45, 7) is 2.11. The fourth-order valence-corrected chi connectivity index (χ4v) is 2.64. The first-order valence-corrected chi connectivity index (χ1v) is 7.00. The molecule has 19 heavy (non-hydrogen) atoms. The summed E-state index contributed by atoms with van der Waals surface area (Å²) in [6, 6.07) is 5.94. The highest BCUT2D eigenvalue weighted by molar-refractivity contribution is 7.80. The first kappa shape index (κ1) is 12.3. The van der Waals surface area contributed by atoms with E-state index in [0.717, 1.165) is 34.9 Å². The Labute approximate surface area is 117 Å². The smallest absolute Gasteiger partial charge is 0.173 e. The van der Waals surface area contributed by atoms with Gasteiger partial charge in [-0.2, -0.15) is 0 Å². The molecule has 3 rings (SSSR count). The number of aromatic nitrogens is 2. The molecule has 4 nitrogen and oxygen atoms in total. The summed E-state index contributed by atoms with van der Waals surface area (Å²) in [5.74, 6) is 0. The van der Waals surface area contributed by atoms with Gasteiger partial charge < -0.3 is 10.2 Å². The largest absolute Gasteiger partial charge is 0.349 e. The van der Waals surface area contributed by atoms with Crippen molar-refractivity contribution in [3.8, 4) is 0 Å². The summed E-state index contributed by atoms with van der Waals surface area (Å²) in [7, 11) is 0. The molecule has 0 unspecified atom stereocenters. The van der Waals surface area contributed by atoms with Gasteiger partial charge in [0.25, 0.3) is 0 Å². The third-order valence-corrected chi connectivity index (χ3v) is 3.72. The molecule has 0 spiro atoms. The molecule has 1 N–H and O–H groups in total. The van der Waals surface area contributed by atoms with Crippen LogP contribution in [0.5, 0.6) is 0 Å². The van der Waals surface area contributed by atoms with Gasteiger partial charge in [0.2, 0.25) is 0 Å². The molecule has 0 amide bonds. The Balaban J connectivity index is 1.75. The zero-order chi connectivity index (χ0) is 13.1. The minimum Gasteiger partial charge on any atom is -0.349 e. The highest BCUT2D eigenvalue weighted by atomic mass is 32.1. The Morgan fingerprint density at radius 2 is 1.79 bits per heavy atom. The number of hydrogen-bond acceptors (Lipinski definition) is 3. The number of hydrogen-bond donors (Lipinski definition) is 1. The van der Waals surface area contributed by atoms with Gasteiger partial charge in [-0.1, -0.05) is 0 Å². The number of fused-ring (bicyclic) bond motifs is 1. The highest BCUT2D eigenvalue weighted by Gasteiger charge is 2.13.